The first-order valence-corrected chi connectivity index (χ1v) is 9.53. The van der Waals surface area contributed by atoms with Gasteiger partial charge in [0, 0.05) is 18.7 Å². The fraction of sp³-hybridized carbons (Fsp3) is 0.273. The number of benzene rings is 2. The molecular weight excluding hydrogens is 391 g/mol. The summed E-state index contributed by atoms with van der Waals surface area (Å²) in [5.74, 6) is -2.28. The van der Waals surface area contributed by atoms with Crippen molar-refractivity contribution in [2.45, 2.75) is 19.3 Å². The van der Waals surface area contributed by atoms with Gasteiger partial charge in [0.2, 0.25) is 5.91 Å². The molecule has 2 aromatic rings. The molecule has 0 aromatic heterocycles. The number of hydrogen-bond acceptors (Lipinski definition) is 5. The zero-order valence-electron chi connectivity index (χ0n) is 16.2. The minimum absolute atomic E-state index is 0.100. The van der Waals surface area contributed by atoms with E-state index >= 15 is 0 Å². The summed E-state index contributed by atoms with van der Waals surface area (Å²) in [6.45, 7) is -0.234. The Kier molecular flexibility index (Phi) is 6.90. The van der Waals surface area contributed by atoms with Crippen LogP contribution in [-0.2, 0) is 32.0 Å². The maximum absolute atomic E-state index is 12.8. The summed E-state index contributed by atoms with van der Waals surface area (Å²) in [6, 6.07) is 12.8. The number of imide groups is 1. The van der Waals surface area contributed by atoms with Crippen molar-refractivity contribution in [3.8, 4) is 0 Å². The highest BCUT2D eigenvalue weighted by molar-refractivity contribution is 6.09. The second-order valence-electron chi connectivity index (χ2n) is 6.82. The molecule has 2 aromatic carbocycles. The number of fused-ring (bicyclic) bond motifs is 1. The van der Waals surface area contributed by atoms with E-state index in [9.17, 15) is 23.6 Å². The largest absolute Gasteiger partial charge is 0.456 e. The van der Waals surface area contributed by atoms with E-state index in [0.717, 1.165) is 10.5 Å². The first-order valence-electron chi connectivity index (χ1n) is 9.53. The smallest absolute Gasteiger partial charge is 0.308 e. The van der Waals surface area contributed by atoms with Crippen LogP contribution in [0.15, 0.2) is 48.5 Å². The number of halogens is 1. The summed E-state index contributed by atoms with van der Waals surface area (Å²) in [7, 11) is 0. The van der Waals surface area contributed by atoms with Crippen molar-refractivity contribution in [1.82, 2.24) is 10.2 Å². The van der Waals surface area contributed by atoms with Crippen LogP contribution in [0.5, 0.6) is 0 Å². The number of nitrogens with one attached hydrogen (secondary N) is 1. The zero-order valence-corrected chi connectivity index (χ0v) is 16.2. The third kappa shape index (κ3) is 5.50. The Balaban J connectivity index is 1.37. The van der Waals surface area contributed by atoms with Gasteiger partial charge in [-0.3, -0.25) is 24.1 Å². The average molecular weight is 412 g/mol. The molecule has 0 radical (unpaired) electrons. The van der Waals surface area contributed by atoms with Crippen molar-refractivity contribution in [2.24, 2.45) is 0 Å². The van der Waals surface area contributed by atoms with E-state index in [2.05, 4.69) is 5.32 Å². The second-order valence-corrected chi connectivity index (χ2v) is 6.82. The van der Waals surface area contributed by atoms with Crippen molar-refractivity contribution in [1.29, 1.82) is 0 Å². The Bertz CT molecular complexity index is 958. The lowest BCUT2D eigenvalue weighted by molar-refractivity contribution is -0.149. The van der Waals surface area contributed by atoms with Gasteiger partial charge in [-0.2, -0.15) is 0 Å². The lowest BCUT2D eigenvalue weighted by Gasteiger charge is -2.26. The number of carbonyl (C=O) groups is 4. The monoisotopic (exact) mass is 412 g/mol. The molecule has 0 atom stereocenters. The summed E-state index contributed by atoms with van der Waals surface area (Å²) < 4.78 is 17.7. The molecule has 156 valence electrons. The van der Waals surface area contributed by atoms with Crippen LogP contribution in [0, 0.1) is 5.82 Å². The number of nitrogens with zero attached hydrogens (tertiary/aromatic N) is 1. The number of rotatable bonds is 8. The fourth-order valence-corrected chi connectivity index (χ4v) is 3.10. The lowest BCUT2D eigenvalue weighted by Crippen LogP contribution is -2.43. The number of hydrogen-bond donors (Lipinski definition) is 1. The maximum Gasteiger partial charge on any atom is 0.308 e. The van der Waals surface area contributed by atoms with Crippen molar-refractivity contribution >= 4 is 23.7 Å². The SMILES string of the molecule is O=C(COC(=O)CCN1C(=O)Cc2ccccc2C1=O)NCCc1ccc(F)cc1. The van der Waals surface area contributed by atoms with E-state index in [1.807, 2.05) is 0 Å². The molecule has 8 heteroatoms. The van der Waals surface area contributed by atoms with Gasteiger partial charge >= 0.3 is 5.97 Å². The average Bonchev–Trinajstić information content (AvgIpc) is 2.73. The molecule has 30 heavy (non-hydrogen) atoms. The summed E-state index contributed by atoms with van der Waals surface area (Å²) in [5.41, 5.74) is 1.99. The van der Waals surface area contributed by atoms with Gasteiger partial charge in [-0.25, -0.2) is 4.39 Å². The van der Waals surface area contributed by atoms with Gasteiger partial charge in [0.05, 0.1) is 12.8 Å². The molecule has 0 spiro atoms. The van der Waals surface area contributed by atoms with Crippen LogP contribution in [0.4, 0.5) is 4.39 Å². The number of esters is 1. The quantitative estimate of drug-likeness (QED) is 0.526. The van der Waals surface area contributed by atoms with Gasteiger partial charge in [0.25, 0.3) is 11.8 Å². The standard InChI is InChI=1S/C22H21FN2O5/c23-17-7-5-15(6-8-17)9-11-24-19(26)14-30-21(28)10-12-25-20(27)13-16-3-1-2-4-18(16)22(25)29/h1-8H,9-14H2,(H,24,26). The van der Waals surface area contributed by atoms with Crippen molar-refractivity contribution < 1.29 is 28.3 Å². The van der Waals surface area contributed by atoms with E-state index in [1.54, 1.807) is 36.4 Å². The molecule has 3 amide bonds. The van der Waals surface area contributed by atoms with Crippen molar-refractivity contribution in [2.75, 3.05) is 19.7 Å². The molecule has 0 unspecified atom stereocenters. The highest BCUT2D eigenvalue weighted by Gasteiger charge is 2.30. The molecule has 0 fully saturated rings. The summed E-state index contributed by atoms with van der Waals surface area (Å²) >= 11 is 0. The Morgan fingerprint density at radius 2 is 1.80 bits per heavy atom. The Morgan fingerprint density at radius 1 is 1.07 bits per heavy atom. The molecule has 1 aliphatic rings. The van der Waals surface area contributed by atoms with Crippen LogP contribution in [0.2, 0.25) is 0 Å². The van der Waals surface area contributed by atoms with Crippen LogP contribution in [0.25, 0.3) is 0 Å². The van der Waals surface area contributed by atoms with Crippen LogP contribution in [-0.4, -0.2) is 48.3 Å². The lowest BCUT2D eigenvalue weighted by atomic mass is 9.98. The van der Waals surface area contributed by atoms with E-state index < -0.39 is 24.4 Å². The normalized spacial score (nSPS) is 13.0. The number of amides is 3. The van der Waals surface area contributed by atoms with E-state index in [-0.39, 0.29) is 31.1 Å². The van der Waals surface area contributed by atoms with Crippen molar-refractivity contribution in [3.05, 3.63) is 71.0 Å². The summed E-state index contributed by atoms with van der Waals surface area (Å²) in [4.78, 5) is 49.3. The molecule has 0 saturated carbocycles. The highest BCUT2D eigenvalue weighted by Crippen LogP contribution is 2.19. The number of carbonyl (C=O) groups excluding carboxylic acids is 4. The van der Waals surface area contributed by atoms with E-state index in [1.165, 1.54) is 12.1 Å². The van der Waals surface area contributed by atoms with Gasteiger partial charge < -0.3 is 10.1 Å². The molecule has 1 N–H and O–H groups in total. The van der Waals surface area contributed by atoms with Crippen molar-refractivity contribution in [3.63, 3.8) is 0 Å². The number of ether oxygens (including phenoxy) is 1. The molecule has 1 heterocycles. The van der Waals surface area contributed by atoms with Crippen LogP contribution < -0.4 is 5.32 Å². The third-order valence-corrected chi connectivity index (χ3v) is 4.69. The third-order valence-electron chi connectivity index (χ3n) is 4.69. The van der Waals surface area contributed by atoms with Gasteiger partial charge in [0.15, 0.2) is 6.61 Å². The summed E-state index contributed by atoms with van der Waals surface area (Å²) in [5, 5.41) is 2.60. The first-order chi connectivity index (χ1) is 14.4. The topological polar surface area (TPSA) is 92.8 Å². The predicted molar refractivity (Wildman–Crippen MR) is 105 cm³/mol. The van der Waals surface area contributed by atoms with Gasteiger partial charge in [0.1, 0.15) is 5.82 Å². The van der Waals surface area contributed by atoms with E-state index in [0.29, 0.717) is 24.1 Å². The Hall–Kier alpha value is -3.55. The molecule has 7 nitrogen and oxygen atoms in total. The van der Waals surface area contributed by atoms with Gasteiger partial charge in [-0.15, -0.1) is 0 Å². The van der Waals surface area contributed by atoms with Crippen LogP contribution >= 0.6 is 0 Å². The molecule has 0 aliphatic carbocycles. The minimum atomic E-state index is -0.678. The van der Waals surface area contributed by atoms with Crippen LogP contribution in [0.1, 0.15) is 27.9 Å². The highest BCUT2D eigenvalue weighted by atomic mass is 19.1. The molecule has 1 aliphatic heterocycles. The van der Waals surface area contributed by atoms with Crippen LogP contribution in [0.3, 0.4) is 0 Å². The predicted octanol–water partition coefficient (Wildman–Crippen LogP) is 1.64. The molecule has 0 bridgehead atoms. The summed E-state index contributed by atoms with van der Waals surface area (Å²) in [6.07, 6.45) is 0.427. The van der Waals surface area contributed by atoms with Gasteiger partial charge in [-0.05, 0) is 35.7 Å². The molecule has 3 rings (SSSR count). The Labute approximate surface area is 172 Å². The Morgan fingerprint density at radius 3 is 2.57 bits per heavy atom. The second kappa shape index (κ2) is 9.78. The zero-order chi connectivity index (χ0) is 21.5. The maximum atomic E-state index is 12.8. The fourth-order valence-electron chi connectivity index (χ4n) is 3.10. The molecular formula is C22H21FN2O5. The minimum Gasteiger partial charge on any atom is -0.456 e. The van der Waals surface area contributed by atoms with E-state index in [4.69, 9.17) is 4.74 Å². The first kappa shape index (κ1) is 21.2. The molecule has 0 saturated heterocycles. The van der Waals surface area contributed by atoms with Gasteiger partial charge in [-0.1, -0.05) is 30.3 Å².